The van der Waals surface area contributed by atoms with Gasteiger partial charge in [-0.1, -0.05) is 109 Å². The Morgan fingerprint density at radius 1 is 0.786 bits per heavy atom. The van der Waals surface area contributed by atoms with Crippen LogP contribution in [0.4, 0.5) is 0 Å². The molecule has 0 bridgehead atoms. The summed E-state index contributed by atoms with van der Waals surface area (Å²) >= 11 is 0. The summed E-state index contributed by atoms with van der Waals surface area (Å²) in [6, 6.07) is 5.37. The van der Waals surface area contributed by atoms with Crippen LogP contribution in [0.1, 0.15) is 116 Å². The summed E-state index contributed by atoms with van der Waals surface area (Å²) in [5, 5.41) is 10.2. The van der Waals surface area contributed by atoms with E-state index in [0.29, 0.717) is 0 Å². The maximum Gasteiger partial charge on any atom is 0.308 e. The van der Waals surface area contributed by atoms with Gasteiger partial charge < -0.3 is 9.84 Å². The van der Waals surface area contributed by atoms with Crippen LogP contribution in [0.15, 0.2) is 18.2 Å². The molecule has 1 rings (SSSR count). The number of phenolic OH excluding ortho intramolecular Hbond substituents is 1. The van der Waals surface area contributed by atoms with Crippen LogP contribution in [0.5, 0.6) is 11.5 Å². The topological polar surface area (TPSA) is 46.5 Å². The smallest absolute Gasteiger partial charge is 0.308 e. The quantitative estimate of drug-likeness (QED) is 0.168. The van der Waals surface area contributed by atoms with Crippen molar-refractivity contribution in [2.24, 2.45) is 0 Å². The third-order valence-electron chi connectivity index (χ3n) is 5.39. The molecule has 160 valence electrons. The molecule has 3 nitrogen and oxygen atoms in total. The van der Waals surface area contributed by atoms with Gasteiger partial charge in [0.1, 0.15) is 0 Å². The summed E-state index contributed by atoms with van der Waals surface area (Å²) in [4.78, 5) is 11.1. The summed E-state index contributed by atoms with van der Waals surface area (Å²) < 4.78 is 5.03. The van der Waals surface area contributed by atoms with Gasteiger partial charge in [-0.25, -0.2) is 0 Å². The Morgan fingerprint density at radius 2 is 1.25 bits per heavy atom. The van der Waals surface area contributed by atoms with Crippen LogP contribution in [-0.2, 0) is 11.2 Å². The Labute approximate surface area is 172 Å². The molecule has 0 unspecified atom stereocenters. The number of hydrogen-bond acceptors (Lipinski definition) is 3. The van der Waals surface area contributed by atoms with Crippen molar-refractivity contribution in [3.8, 4) is 11.5 Å². The number of unbranched alkanes of at least 4 members (excludes halogenated alkanes) is 14. The summed E-state index contributed by atoms with van der Waals surface area (Å²) in [7, 11) is 0. The summed E-state index contributed by atoms with van der Waals surface area (Å²) in [6.45, 7) is 3.62. The lowest BCUT2D eigenvalue weighted by atomic mass is 10.0. The second kappa shape index (κ2) is 16.4. The van der Waals surface area contributed by atoms with Crippen molar-refractivity contribution in [1.82, 2.24) is 0 Å². The van der Waals surface area contributed by atoms with E-state index in [9.17, 15) is 9.90 Å². The average Bonchev–Trinajstić information content (AvgIpc) is 2.67. The zero-order valence-corrected chi connectivity index (χ0v) is 18.3. The first-order valence-electron chi connectivity index (χ1n) is 11.6. The molecule has 3 heteroatoms. The number of carbonyl (C=O) groups excluding carboxylic acids is 1. The molecule has 0 aliphatic carbocycles. The van der Waals surface area contributed by atoms with Gasteiger partial charge in [0, 0.05) is 6.92 Å². The van der Waals surface area contributed by atoms with E-state index < -0.39 is 5.97 Å². The number of ether oxygens (including phenoxy) is 1. The third-order valence-corrected chi connectivity index (χ3v) is 5.39. The zero-order chi connectivity index (χ0) is 20.5. The molecule has 1 aromatic rings. The first-order chi connectivity index (χ1) is 13.6. The van der Waals surface area contributed by atoms with Crippen molar-refractivity contribution in [2.75, 3.05) is 0 Å². The van der Waals surface area contributed by atoms with Crippen molar-refractivity contribution in [1.29, 1.82) is 0 Å². The molecule has 0 radical (unpaired) electrons. The van der Waals surface area contributed by atoms with Gasteiger partial charge in [0.25, 0.3) is 0 Å². The molecule has 0 aliphatic heterocycles. The maximum absolute atomic E-state index is 11.1. The highest BCUT2D eigenvalue weighted by molar-refractivity contribution is 5.70. The Kier molecular flexibility index (Phi) is 14.4. The minimum absolute atomic E-state index is 0.114. The maximum atomic E-state index is 11.1. The molecule has 0 atom stereocenters. The van der Waals surface area contributed by atoms with Crippen LogP contribution in [0.3, 0.4) is 0 Å². The van der Waals surface area contributed by atoms with Crippen LogP contribution in [0.2, 0.25) is 0 Å². The van der Waals surface area contributed by atoms with Crippen molar-refractivity contribution in [3.05, 3.63) is 23.8 Å². The molecular weight excluding hydrogens is 348 g/mol. The van der Waals surface area contributed by atoms with Crippen molar-refractivity contribution < 1.29 is 14.6 Å². The van der Waals surface area contributed by atoms with Gasteiger partial charge in [-0.3, -0.25) is 4.79 Å². The van der Waals surface area contributed by atoms with Gasteiger partial charge in [-0.15, -0.1) is 0 Å². The van der Waals surface area contributed by atoms with Crippen LogP contribution < -0.4 is 4.74 Å². The van der Waals surface area contributed by atoms with Crippen molar-refractivity contribution >= 4 is 5.97 Å². The van der Waals surface area contributed by atoms with E-state index >= 15 is 0 Å². The van der Waals surface area contributed by atoms with E-state index in [1.54, 1.807) is 6.07 Å². The molecule has 0 spiro atoms. The van der Waals surface area contributed by atoms with E-state index in [1.807, 2.05) is 12.1 Å². The normalized spacial score (nSPS) is 10.9. The molecule has 0 saturated heterocycles. The Hall–Kier alpha value is -1.51. The Bertz CT molecular complexity index is 525. The highest BCUT2D eigenvalue weighted by atomic mass is 16.5. The van der Waals surface area contributed by atoms with E-state index in [-0.39, 0.29) is 11.5 Å². The molecule has 0 aliphatic rings. The number of hydrogen-bond donors (Lipinski definition) is 1. The average molecular weight is 391 g/mol. The first kappa shape index (κ1) is 24.5. The van der Waals surface area contributed by atoms with Gasteiger partial charge in [0.2, 0.25) is 0 Å². The largest absolute Gasteiger partial charge is 0.504 e. The minimum atomic E-state index is -0.403. The number of benzene rings is 1. The standard InChI is InChI=1S/C25H42O3/c1-3-4-5-6-7-8-9-10-11-12-13-14-15-16-17-19-23-20-18-21-24(25(23)27)28-22(2)26/h18,20-21,27H,3-17,19H2,1-2H3. The predicted molar refractivity (Wildman–Crippen MR) is 118 cm³/mol. The van der Waals surface area contributed by atoms with Crippen LogP contribution in [0, 0.1) is 0 Å². The zero-order valence-electron chi connectivity index (χ0n) is 18.3. The van der Waals surface area contributed by atoms with E-state index in [0.717, 1.165) is 18.4 Å². The molecule has 0 fully saturated rings. The lowest BCUT2D eigenvalue weighted by Crippen LogP contribution is -2.02. The van der Waals surface area contributed by atoms with E-state index in [1.165, 1.54) is 96.8 Å². The summed E-state index contributed by atoms with van der Waals surface area (Å²) in [6.07, 6.45) is 21.1. The number of aromatic hydroxyl groups is 1. The predicted octanol–water partition coefficient (Wildman–Crippen LogP) is 7.73. The fourth-order valence-corrected chi connectivity index (χ4v) is 3.69. The van der Waals surface area contributed by atoms with Crippen molar-refractivity contribution in [2.45, 2.75) is 117 Å². The lowest BCUT2D eigenvalue weighted by Gasteiger charge is -2.09. The Morgan fingerprint density at radius 3 is 1.71 bits per heavy atom. The number of esters is 1. The number of phenols is 1. The molecule has 1 aromatic carbocycles. The van der Waals surface area contributed by atoms with Gasteiger partial charge in [-0.05, 0) is 24.5 Å². The second-order valence-corrected chi connectivity index (χ2v) is 8.06. The summed E-state index contributed by atoms with van der Waals surface area (Å²) in [5.41, 5.74) is 0.869. The first-order valence-corrected chi connectivity index (χ1v) is 11.6. The lowest BCUT2D eigenvalue weighted by molar-refractivity contribution is -0.132. The SMILES string of the molecule is CCCCCCCCCCCCCCCCCc1cccc(OC(C)=O)c1O. The summed E-state index contributed by atoms with van der Waals surface area (Å²) in [5.74, 6) is -0.0200. The van der Waals surface area contributed by atoms with Gasteiger partial charge >= 0.3 is 5.97 Å². The molecule has 0 aromatic heterocycles. The second-order valence-electron chi connectivity index (χ2n) is 8.06. The molecule has 0 saturated carbocycles. The monoisotopic (exact) mass is 390 g/mol. The van der Waals surface area contributed by atoms with Gasteiger partial charge in [0.15, 0.2) is 11.5 Å². The van der Waals surface area contributed by atoms with Crippen LogP contribution in [0.25, 0.3) is 0 Å². The van der Waals surface area contributed by atoms with Crippen LogP contribution >= 0.6 is 0 Å². The van der Waals surface area contributed by atoms with Crippen molar-refractivity contribution in [3.63, 3.8) is 0 Å². The highest BCUT2D eigenvalue weighted by Gasteiger charge is 2.09. The number of para-hydroxylation sites is 1. The minimum Gasteiger partial charge on any atom is -0.504 e. The van der Waals surface area contributed by atoms with Gasteiger partial charge in [0.05, 0.1) is 0 Å². The molecule has 28 heavy (non-hydrogen) atoms. The molecule has 1 N–H and O–H groups in total. The van der Waals surface area contributed by atoms with E-state index in [2.05, 4.69) is 6.92 Å². The molecule has 0 amide bonds. The molecular formula is C25H42O3. The van der Waals surface area contributed by atoms with Gasteiger partial charge in [-0.2, -0.15) is 0 Å². The number of aryl methyl sites for hydroxylation is 1. The third kappa shape index (κ3) is 12.0. The fraction of sp³-hybridized carbons (Fsp3) is 0.720. The fourth-order valence-electron chi connectivity index (χ4n) is 3.69. The Balaban J connectivity index is 1.95. The highest BCUT2D eigenvalue weighted by Crippen LogP contribution is 2.31. The number of rotatable bonds is 17. The molecule has 0 heterocycles. The van der Waals surface area contributed by atoms with Crippen LogP contribution in [-0.4, -0.2) is 11.1 Å². The van der Waals surface area contributed by atoms with E-state index in [4.69, 9.17) is 4.74 Å². The number of carbonyl (C=O) groups is 1.